The van der Waals surface area contributed by atoms with Crippen LogP contribution in [0.2, 0.25) is 5.02 Å². The molecule has 128 valence electrons. The van der Waals surface area contributed by atoms with Crippen LogP contribution in [0.15, 0.2) is 24.3 Å². The molecule has 0 aliphatic carbocycles. The Hall–Kier alpha value is -1.10. The monoisotopic (exact) mass is 338 g/mol. The third-order valence-electron chi connectivity index (χ3n) is 4.78. The molecular weight excluding hydrogens is 312 g/mol. The third kappa shape index (κ3) is 4.46. The highest BCUT2D eigenvalue weighted by Crippen LogP contribution is 2.35. The Morgan fingerprint density at radius 3 is 2.52 bits per heavy atom. The van der Waals surface area contributed by atoms with Crippen LogP contribution in [-0.2, 0) is 14.9 Å². The van der Waals surface area contributed by atoms with E-state index in [0.717, 1.165) is 24.3 Å². The second-order valence-corrected chi connectivity index (χ2v) is 7.19. The van der Waals surface area contributed by atoms with Crippen LogP contribution in [0.3, 0.4) is 0 Å². The molecule has 4 nitrogen and oxygen atoms in total. The lowest BCUT2D eigenvalue weighted by molar-refractivity contribution is -0.126. The Morgan fingerprint density at radius 2 is 1.96 bits per heavy atom. The zero-order chi connectivity index (χ0) is 16.9. The minimum absolute atomic E-state index is 0.0841. The molecule has 1 unspecified atom stereocenters. The molecule has 0 aromatic heterocycles. The summed E-state index contributed by atoms with van der Waals surface area (Å²) in [6.45, 7) is 5.81. The van der Waals surface area contributed by atoms with Gasteiger partial charge in [0.05, 0.1) is 5.54 Å². The van der Waals surface area contributed by atoms with Crippen molar-refractivity contribution in [1.29, 1.82) is 0 Å². The first kappa shape index (κ1) is 18.2. The van der Waals surface area contributed by atoms with E-state index in [4.69, 9.17) is 22.1 Å². The molecule has 0 saturated carbocycles. The summed E-state index contributed by atoms with van der Waals surface area (Å²) in [6.07, 6.45) is 3.32. The van der Waals surface area contributed by atoms with Gasteiger partial charge in [0.1, 0.15) is 0 Å². The van der Waals surface area contributed by atoms with E-state index in [-0.39, 0.29) is 11.3 Å². The van der Waals surface area contributed by atoms with Gasteiger partial charge in [0, 0.05) is 30.2 Å². The quantitative estimate of drug-likeness (QED) is 0.838. The highest BCUT2D eigenvalue weighted by atomic mass is 35.5. The Morgan fingerprint density at radius 1 is 1.35 bits per heavy atom. The molecule has 1 fully saturated rings. The molecule has 1 heterocycles. The van der Waals surface area contributed by atoms with Crippen LogP contribution >= 0.6 is 11.6 Å². The van der Waals surface area contributed by atoms with Gasteiger partial charge in [-0.1, -0.05) is 37.1 Å². The van der Waals surface area contributed by atoms with E-state index in [2.05, 4.69) is 5.32 Å². The van der Waals surface area contributed by atoms with E-state index in [0.29, 0.717) is 26.2 Å². The molecule has 0 spiro atoms. The lowest BCUT2D eigenvalue weighted by Gasteiger charge is -2.38. The maximum absolute atomic E-state index is 12.4. The maximum Gasteiger partial charge on any atom is 0.239 e. The number of ether oxygens (including phenoxy) is 1. The van der Waals surface area contributed by atoms with Gasteiger partial charge in [-0.3, -0.25) is 4.79 Å². The number of carbonyl (C=O) groups excluding carboxylic acids is 1. The molecule has 23 heavy (non-hydrogen) atoms. The summed E-state index contributed by atoms with van der Waals surface area (Å²) < 4.78 is 5.52. The molecule has 0 bridgehead atoms. The van der Waals surface area contributed by atoms with Crippen molar-refractivity contribution in [2.45, 2.75) is 50.5 Å². The average Bonchev–Trinajstić information content (AvgIpc) is 2.54. The number of benzene rings is 1. The number of carbonyl (C=O) groups is 1. The van der Waals surface area contributed by atoms with E-state index in [1.807, 2.05) is 31.2 Å². The molecule has 1 aliphatic heterocycles. The van der Waals surface area contributed by atoms with Crippen molar-refractivity contribution in [2.75, 3.05) is 19.8 Å². The van der Waals surface area contributed by atoms with Gasteiger partial charge in [0.2, 0.25) is 5.91 Å². The van der Waals surface area contributed by atoms with Crippen LogP contribution in [0, 0.1) is 0 Å². The SMILES string of the molecule is CCCC(C)(N)C(=O)NCC1(c2ccc(Cl)cc2)CCOCC1. The summed E-state index contributed by atoms with van der Waals surface area (Å²) in [4.78, 5) is 12.4. The van der Waals surface area contributed by atoms with Crippen molar-refractivity contribution < 1.29 is 9.53 Å². The molecule has 1 aromatic rings. The molecule has 1 amide bonds. The number of amides is 1. The number of nitrogens with two attached hydrogens (primary N) is 1. The van der Waals surface area contributed by atoms with Gasteiger partial charge >= 0.3 is 0 Å². The molecule has 1 aromatic carbocycles. The Kier molecular flexibility index (Phi) is 6.06. The highest BCUT2D eigenvalue weighted by molar-refractivity contribution is 6.30. The van der Waals surface area contributed by atoms with Gasteiger partial charge < -0.3 is 15.8 Å². The molecule has 5 heteroatoms. The van der Waals surface area contributed by atoms with Gasteiger partial charge in [-0.15, -0.1) is 0 Å². The first-order valence-electron chi connectivity index (χ1n) is 8.31. The molecule has 0 radical (unpaired) electrons. The van der Waals surface area contributed by atoms with Crippen LogP contribution in [0.4, 0.5) is 0 Å². The lowest BCUT2D eigenvalue weighted by atomic mass is 9.74. The van der Waals surface area contributed by atoms with Crippen molar-refractivity contribution in [3.05, 3.63) is 34.9 Å². The average molecular weight is 339 g/mol. The number of hydrogen-bond acceptors (Lipinski definition) is 3. The fourth-order valence-corrected chi connectivity index (χ4v) is 3.34. The van der Waals surface area contributed by atoms with E-state index in [1.165, 1.54) is 5.56 Å². The molecule has 3 N–H and O–H groups in total. The number of hydrogen-bond donors (Lipinski definition) is 2. The van der Waals surface area contributed by atoms with Crippen LogP contribution < -0.4 is 11.1 Å². The van der Waals surface area contributed by atoms with E-state index < -0.39 is 5.54 Å². The predicted octanol–water partition coefficient (Wildman–Crippen LogP) is 3.02. The zero-order valence-corrected chi connectivity index (χ0v) is 14.8. The smallest absolute Gasteiger partial charge is 0.239 e. The Bertz CT molecular complexity index is 522. The summed E-state index contributed by atoms with van der Waals surface area (Å²) >= 11 is 6.01. The number of rotatable bonds is 6. The maximum atomic E-state index is 12.4. The zero-order valence-electron chi connectivity index (χ0n) is 14.0. The minimum Gasteiger partial charge on any atom is -0.381 e. The van der Waals surface area contributed by atoms with Gasteiger partial charge in [-0.25, -0.2) is 0 Å². The molecule has 1 atom stereocenters. The predicted molar refractivity (Wildman–Crippen MR) is 93.7 cm³/mol. The normalized spacial score (nSPS) is 19.8. The van der Waals surface area contributed by atoms with Crippen molar-refractivity contribution in [1.82, 2.24) is 5.32 Å². The van der Waals surface area contributed by atoms with E-state index in [1.54, 1.807) is 6.92 Å². The molecular formula is C18H27ClN2O2. The first-order chi connectivity index (χ1) is 10.9. The Labute approximate surface area is 143 Å². The van der Waals surface area contributed by atoms with Gasteiger partial charge in [0.25, 0.3) is 0 Å². The first-order valence-corrected chi connectivity index (χ1v) is 8.68. The van der Waals surface area contributed by atoms with E-state index in [9.17, 15) is 4.79 Å². The summed E-state index contributed by atoms with van der Waals surface area (Å²) in [5, 5.41) is 3.80. The number of nitrogens with one attached hydrogen (secondary N) is 1. The van der Waals surface area contributed by atoms with Crippen LogP contribution in [0.25, 0.3) is 0 Å². The van der Waals surface area contributed by atoms with Gasteiger partial charge in [-0.05, 0) is 43.9 Å². The van der Waals surface area contributed by atoms with Crippen LogP contribution in [-0.4, -0.2) is 31.2 Å². The van der Waals surface area contributed by atoms with Crippen molar-refractivity contribution in [2.24, 2.45) is 5.73 Å². The van der Waals surface area contributed by atoms with Crippen molar-refractivity contribution in [3.8, 4) is 0 Å². The number of halogens is 1. The summed E-state index contributed by atoms with van der Waals surface area (Å²) in [5.41, 5.74) is 6.40. The summed E-state index contributed by atoms with van der Waals surface area (Å²) in [6, 6.07) is 7.90. The van der Waals surface area contributed by atoms with Crippen molar-refractivity contribution >= 4 is 17.5 Å². The van der Waals surface area contributed by atoms with Crippen LogP contribution in [0.1, 0.15) is 45.1 Å². The van der Waals surface area contributed by atoms with Gasteiger partial charge in [0.15, 0.2) is 0 Å². The molecule has 1 aliphatic rings. The second-order valence-electron chi connectivity index (χ2n) is 6.75. The molecule has 1 saturated heterocycles. The minimum atomic E-state index is -0.818. The van der Waals surface area contributed by atoms with Gasteiger partial charge in [-0.2, -0.15) is 0 Å². The fraction of sp³-hybridized carbons (Fsp3) is 0.611. The Balaban J connectivity index is 2.13. The fourth-order valence-electron chi connectivity index (χ4n) is 3.22. The molecule has 2 rings (SSSR count). The topological polar surface area (TPSA) is 64.4 Å². The van der Waals surface area contributed by atoms with Crippen LogP contribution in [0.5, 0.6) is 0 Å². The summed E-state index contributed by atoms with van der Waals surface area (Å²) in [7, 11) is 0. The standard InChI is InChI=1S/C18H27ClN2O2/c1-3-8-17(2,20)16(22)21-13-18(9-11-23-12-10-18)14-4-6-15(19)7-5-14/h4-7H,3,8-13,20H2,1-2H3,(H,21,22). The lowest BCUT2D eigenvalue weighted by Crippen LogP contribution is -2.55. The van der Waals surface area contributed by atoms with E-state index >= 15 is 0 Å². The highest BCUT2D eigenvalue weighted by Gasteiger charge is 2.36. The third-order valence-corrected chi connectivity index (χ3v) is 5.03. The van der Waals surface area contributed by atoms with Crippen molar-refractivity contribution in [3.63, 3.8) is 0 Å². The summed E-state index contributed by atoms with van der Waals surface area (Å²) in [5.74, 6) is -0.0841. The second kappa shape index (κ2) is 7.65. The largest absolute Gasteiger partial charge is 0.381 e.